The van der Waals surface area contributed by atoms with Gasteiger partial charge in [-0.05, 0) is 44.2 Å². The van der Waals surface area contributed by atoms with Crippen LogP contribution in [0.5, 0.6) is 0 Å². The molecule has 3 rings (SSSR count). The molecule has 1 amide bonds. The largest absolute Gasteiger partial charge is 0.452 e. The first-order chi connectivity index (χ1) is 13.4. The molecule has 0 aliphatic heterocycles. The second-order valence-corrected chi connectivity index (χ2v) is 6.48. The van der Waals surface area contributed by atoms with Crippen LogP contribution in [-0.4, -0.2) is 28.3 Å². The maximum atomic E-state index is 13.7. The first kappa shape index (κ1) is 19.6. The molecule has 6 nitrogen and oxygen atoms in total. The highest BCUT2D eigenvalue weighted by Gasteiger charge is 2.18. The van der Waals surface area contributed by atoms with Gasteiger partial charge in [0.05, 0.1) is 28.3 Å². The van der Waals surface area contributed by atoms with Crippen LogP contribution in [0.3, 0.4) is 0 Å². The van der Waals surface area contributed by atoms with Crippen molar-refractivity contribution in [3.05, 3.63) is 76.3 Å². The lowest BCUT2D eigenvalue weighted by molar-refractivity contribution is -0.119. The Morgan fingerprint density at radius 2 is 1.89 bits per heavy atom. The van der Waals surface area contributed by atoms with Crippen molar-refractivity contribution < 1.29 is 18.7 Å². The molecule has 0 saturated heterocycles. The number of ether oxygens (including phenoxy) is 1. The minimum absolute atomic E-state index is 0.192. The van der Waals surface area contributed by atoms with Crippen LogP contribution in [0.25, 0.3) is 5.69 Å². The van der Waals surface area contributed by atoms with E-state index in [0.717, 1.165) is 23.5 Å². The number of esters is 1. The Hall–Kier alpha value is -3.19. The molecule has 144 valence electrons. The van der Waals surface area contributed by atoms with E-state index in [1.54, 1.807) is 11.6 Å². The monoisotopic (exact) mass is 401 g/mol. The number of amides is 1. The van der Waals surface area contributed by atoms with E-state index in [2.05, 4.69) is 10.4 Å². The van der Waals surface area contributed by atoms with Crippen molar-refractivity contribution in [2.75, 3.05) is 11.9 Å². The van der Waals surface area contributed by atoms with Crippen LogP contribution in [0.2, 0.25) is 5.02 Å². The van der Waals surface area contributed by atoms with E-state index < -0.39 is 24.3 Å². The van der Waals surface area contributed by atoms with E-state index in [4.69, 9.17) is 16.3 Å². The number of hydrogen-bond donors (Lipinski definition) is 1. The fraction of sp³-hybridized carbons (Fsp3) is 0.150. The van der Waals surface area contributed by atoms with Crippen LogP contribution in [0.4, 0.5) is 10.1 Å². The van der Waals surface area contributed by atoms with Gasteiger partial charge in [0.2, 0.25) is 0 Å². The van der Waals surface area contributed by atoms with E-state index >= 15 is 0 Å². The summed E-state index contributed by atoms with van der Waals surface area (Å²) in [4.78, 5) is 24.2. The lowest BCUT2D eigenvalue weighted by atomic mass is 10.2. The Balaban J connectivity index is 1.68. The maximum Gasteiger partial charge on any atom is 0.341 e. The number of aromatic nitrogens is 2. The molecule has 1 aromatic heterocycles. The molecule has 0 atom stereocenters. The number of para-hydroxylation sites is 1. The van der Waals surface area contributed by atoms with Crippen molar-refractivity contribution in [2.24, 2.45) is 0 Å². The third kappa shape index (κ3) is 4.20. The summed E-state index contributed by atoms with van der Waals surface area (Å²) >= 11 is 5.76. The van der Waals surface area contributed by atoms with Gasteiger partial charge in [0.25, 0.3) is 5.91 Å². The molecule has 0 unspecified atom stereocenters. The fourth-order valence-electron chi connectivity index (χ4n) is 2.68. The third-order valence-corrected chi connectivity index (χ3v) is 4.27. The molecular formula is C20H17ClFN3O3. The van der Waals surface area contributed by atoms with Crippen LogP contribution in [0.1, 0.15) is 21.7 Å². The number of nitrogens with one attached hydrogen (secondary N) is 1. The van der Waals surface area contributed by atoms with E-state index in [9.17, 15) is 14.0 Å². The normalized spacial score (nSPS) is 10.6. The van der Waals surface area contributed by atoms with Gasteiger partial charge in [-0.3, -0.25) is 4.79 Å². The number of hydrogen-bond acceptors (Lipinski definition) is 4. The molecule has 0 spiro atoms. The van der Waals surface area contributed by atoms with E-state index in [1.807, 2.05) is 37.3 Å². The topological polar surface area (TPSA) is 73.2 Å². The zero-order valence-corrected chi connectivity index (χ0v) is 16.0. The highest BCUT2D eigenvalue weighted by Crippen LogP contribution is 2.22. The number of nitrogens with zero attached hydrogens (tertiary/aromatic N) is 2. The van der Waals surface area contributed by atoms with Gasteiger partial charge in [-0.15, -0.1) is 0 Å². The second-order valence-electron chi connectivity index (χ2n) is 6.04. The van der Waals surface area contributed by atoms with Gasteiger partial charge in [0, 0.05) is 5.02 Å². The first-order valence-electron chi connectivity index (χ1n) is 8.40. The number of anilines is 1. The van der Waals surface area contributed by atoms with Crippen LogP contribution in [0, 0.1) is 19.7 Å². The predicted molar refractivity (Wildman–Crippen MR) is 103 cm³/mol. The highest BCUT2D eigenvalue weighted by atomic mass is 35.5. The van der Waals surface area contributed by atoms with Crippen LogP contribution in [-0.2, 0) is 9.53 Å². The van der Waals surface area contributed by atoms with Crippen molar-refractivity contribution in [1.29, 1.82) is 0 Å². The molecule has 28 heavy (non-hydrogen) atoms. The zero-order chi connectivity index (χ0) is 20.3. The minimum Gasteiger partial charge on any atom is -0.452 e. The van der Waals surface area contributed by atoms with E-state index in [1.165, 1.54) is 6.07 Å². The molecule has 0 fully saturated rings. The summed E-state index contributed by atoms with van der Waals surface area (Å²) in [6.45, 7) is 3.01. The second kappa shape index (κ2) is 8.22. The zero-order valence-electron chi connectivity index (χ0n) is 15.2. The molecule has 3 aromatic rings. The Morgan fingerprint density at radius 1 is 1.18 bits per heavy atom. The summed E-state index contributed by atoms with van der Waals surface area (Å²) in [6.07, 6.45) is 0. The van der Waals surface area contributed by atoms with Gasteiger partial charge in [0.15, 0.2) is 6.61 Å². The Labute approximate surface area is 165 Å². The average Bonchev–Trinajstić information content (AvgIpc) is 2.97. The molecule has 0 bridgehead atoms. The highest BCUT2D eigenvalue weighted by molar-refractivity contribution is 6.30. The van der Waals surface area contributed by atoms with Gasteiger partial charge in [0.1, 0.15) is 5.82 Å². The number of carbonyl (C=O) groups excluding carboxylic acids is 2. The molecule has 8 heteroatoms. The van der Waals surface area contributed by atoms with Crippen molar-refractivity contribution in [3.8, 4) is 5.69 Å². The Morgan fingerprint density at radius 3 is 2.61 bits per heavy atom. The summed E-state index contributed by atoms with van der Waals surface area (Å²) in [5, 5.41) is 7.30. The Bertz CT molecular complexity index is 1030. The van der Waals surface area contributed by atoms with Crippen LogP contribution < -0.4 is 5.32 Å². The molecule has 0 aliphatic rings. The standard InChI is InChI=1S/C20H17ClFN3O3/c1-12-19(13(2)25(24-12)15-6-4-3-5-7-15)23-18(26)11-28-20(27)16-10-14(21)8-9-17(16)22/h3-10H,11H2,1-2H3,(H,23,26). The quantitative estimate of drug-likeness (QED) is 0.654. The molecule has 0 aliphatic carbocycles. The number of carbonyl (C=O) groups is 2. The summed E-state index contributed by atoms with van der Waals surface area (Å²) in [6, 6.07) is 13.0. The van der Waals surface area contributed by atoms with Gasteiger partial charge in [-0.1, -0.05) is 29.8 Å². The van der Waals surface area contributed by atoms with Crippen LogP contribution >= 0.6 is 11.6 Å². The lowest BCUT2D eigenvalue weighted by Gasteiger charge is -2.08. The summed E-state index contributed by atoms with van der Waals surface area (Å²) in [5.74, 6) is -2.30. The molecule has 2 aromatic carbocycles. The predicted octanol–water partition coefficient (Wildman–Crippen LogP) is 4.08. The fourth-order valence-corrected chi connectivity index (χ4v) is 2.85. The summed E-state index contributed by atoms with van der Waals surface area (Å²) in [7, 11) is 0. The number of aryl methyl sites for hydroxylation is 1. The van der Waals surface area contributed by atoms with Crippen molar-refractivity contribution in [3.63, 3.8) is 0 Å². The van der Waals surface area contributed by atoms with E-state index in [0.29, 0.717) is 11.4 Å². The smallest absolute Gasteiger partial charge is 0.341 e. The van der Waals surface area contributed by atoms with Gasteiger partial charge in [-0.25, -0.2) is 13.9 Å². The van der Waals surface area contributed by atoms with Gasteiger partial charge >= 0.3 is 5.97 Å². The average molecular weight is 402 g/mol. The van der Waals surface area contributed by atoms with Crippen LogP contribution in [0.15, 0.2) is 48.5 Å². The number of benzene rings is 2. The lowest BCUT2D eigenvalue weighted by Crippen LogP contribution is -2.22. The number of halogens is 2. The molecule has 0 saturated carbocycles. The third-order valence-electron chi connectivity index (χ3n) is 4.04. The van der Waals surface area contributed by atoms with Crippen molar-refractivity contribution in [1.82, 2.24) is 9.78 Å². The minimum atomic E-state index is -0.969. The SMILES string of the molecule is Cc1nn(-c2ccccc2)c(C)c1NC(=O)COC(=O)c1cc(Cl)ccc1F. The Kier molecular flexibility index (Phi) is 5.75. The van der Waals surface area contributed by atoms with Gasteiger partial charge in [-0.2, -0.15) is 5.10 Å². The maximum absolute atomic E-state index is 13.7. The first-order valence-corrected chi connectivity index (χ1v) is 8.78. The van der Waals surface area contributed by atoms with E-state index in [-0.39, 0.29) is 10.6 Å². The molecular weight excluding hydrogens is 385 g/mol. The van der Waals surface area contributed by atoms with Crippen molar-refractivity contribution in [2.45, 2.75) is 13.8 Å². The molecule has 0 radical (unpaired) electrons. The summed E-state index contributed by atoms with van der Waals surface area (Å²) < 4.78 is 20.3. The van der Waals surface area contributed by atoms with Gasteiger partial charge < -0.3 is 10.1 Å². The van der Waals surface area contributed by atoms with Crippen molar-refractivity contribution >= 4 is 29.2 Å². The summed E-state index contributed by atoms with van der Waals surface area (Å²) in [5.41, 5.74) is 2.39. The molecule has 1 heterocycles. The number of rotatable bonds is 5. The molecule has 1 N–H and O–H groups in total.